The SMILES string of the molecule is CC1OCCC1N(C)c1ccc(C=O)cc1. The minimum absolute atomic E-state index is 0.274. The number of likely N-dealkylation sites (N-methyl/N-ethyl adjacent to an activating group) is 1. The maximum absolute atomic E-state index is 10.6. The van der Waals surface area contributed by atoms with Crippen molar-refractivity contribution in [3.8, 4) is 0 Å². The normalized spacial score (nSPS) is 24.4. The molecular weight excluding hydrogens is 202 g/mol. The molecular formula is C13H17NO2. The number of carbonyl (C=O) groups is 1. The highest BCUT2D eigenvalue weighted by molar-refractivity contribution is 5.75. The van der Waals surface area contributed by atoms with Crippen molar-refractivity contribution in [2.75, 3.05) is 18.6 Å². The topological polar surface area (TPSA) is 29.5 Å². The van der Waals surface area contributed by atoms with Gasteiger partial charge in [0.1, 0.15) is 6.29 Å². The Morgan fingerprint density at radius 3 is 2.56 bits per heavy atom. The van der Waals surface area contributed by atoms with E-state index in [1.54, 1.807) is 0 Å². The van der Waals surface area contributed by atoms with Crippen molar-refractivity contribution in [3.05, 3.63) is 29.8 Å². The number of carbonyl (C=O) groups excluding carboxylic acids is 1. The monoisotopic (exact) mass is 219 g/mol. The summed E-state index contributed by atoms with van der Waals surface area (Å²) < 4.78 is 5.56. The van der Waals surface area contributed by atoms with Crippen LogP contribution in [0.1, 0.15) is 23.7 Å². The number of aldehydes is 1. The molecule has 1 heterocycles. The van der Waals surface area contributed by atoms with E-state index in [0.717, 1.165) is 25.0 Å². The van der Waals surface area contributed by atoms with Gasteiger partial charge < -0.3 is 9.64 Å². The van der Waals surface area contributed by atoms with Crippen molar-refractivity contribution in [3.63, 3.8) is 0 Å². The molecule has 2 unspecified atom stereocenters. The highest BCUT2D eigenvalue weighted by Crippen LogP contribution is 2.24. The van der Waals surface area contributed by atoms with Gasteiger partial charge in [0.2, 0.25) is 0 Å². The van der Waals surface area contributed by atoms with Crippen LogP contribution in [0, 0.1) is 0 Å². The molecule has 0 N–H and O–H groups in total. The molecule has 0 aromatic heterocycles. The molecule has 0 amide bonds. The third kappa shape index (κ3) is 2.09. The summed E-state index contributed by atoms with van der Waals surface area (Å²) in [6, 6.07) is 8.09. The van der Waals surface area contributed by atoms with E-state index in [4.69, 9.17) is 4.74 Å². The second kappa shape index (κ2) is 4.66. The van der Waals surface area contributed by atoms with E-state index in [-0.39, 0.29) is 6.10 Å². The van der Waals surface area contributed by atoms with Crippen LogP contribution in [0.4, 0.5) is 5.69 Å². The van der Waals surface area contributed by atoms with Crippen molar-refractivity contribution >= 4 is 12.0 Å². The van der Waals surface area contributed by atoms with Crippen LogP contribution < -0.4 is 4.90 Å². The second-order valence-corrected chi connectivity index (χ2v) is 4.25. The van der Waals surface area contributed by atoms with Crippen LogP contribution >= 0.6 is 0 Å². The van der Waals surface area contributed by atoms with Gasteiger partial charge in [-0.25, -0.2) is 0 Å². The molecule has 0 saturated carbocycles. The van der Waals surface area contributed by atoms with E-state index in [0.29, 0.717) is 11.6 Å². The quantitative estimate of drug-likeness (QED) is 0.729. The predicted octanol–water partition coefficient (Wildman–Crippen LogP) is 2.11. The maximum atomic E-state index is 10.6. The minimum atomic E-state index is 0.274. The van der Waals surface area contributed by atoms with Crippen molar-refractivity contribution in [1.29, 1.82) is 0 Å². The first-order chi connectivity index (χ1) is 7.72. The molecule has 1 aromatic rings. The van der Waals surface area contributed by atoms with Gasteiger partial charge in [0.15, 0.2) is 0 Å². The Hall–Kier alpha value is -1.35. The Kier molecular flexibility index (Phi) is 3.25. The molecule has 0 spiro atoms. The summed E-state index contributed by atoms with van der Waals surface area (Å²) in [6.07, 6.45) is 2.20. The predicted molar refractivity (Wildman–Crippen MR) is 64.1 cm³/mol. The Morgan fingerprint density at radius 1 is 1.38 bits per heavy atom. The molecule has 3 heteroatoms. The molecule has 0 bridgehead atoms. The standard InChI is InChI=1S/C13H17NO2/c1-10-13(7-8-16-10)14(2)12-5-3-11(9-15)4-6-12/h3-6,9-10,13H,7-8H2,1-2H3. The Bertz CT molecular complexity index is 361. The Labute approximate surface area is 96.0 Å². The van der Waals surface area contributed by atoms with Gasteiger partial charge in [0.05, 0.1) is 12.1 Å². The molecule has 86 valence electrons. The van der Waals surface area contributed by atoms with E-state index in [1.807, 2.05) is 24.3 Å². The lowest BCUT2D eigenvalue weighted by atomic mass is 10.1. The fraction of sp³-hybridized carbons (Fsp3) is 0.462. The number of benzene rings is 1. The van der Waals surface area contributed by atoms with E-state index in [2.05, 4.69) is 18.9 Å². The van der Waals surface area contributed by atoms with Crippen molar-refractivity contribution in [2.24, 2.45) is 0 Å². The Morgan fingerprint density at radius 2 is 2.06 bits per heavy atom. The van der Waals surface area contributed by atoms with E-state index in [9.17, 15) is 4.79 Å². The van der Waals surface area contributed by atoms with Gasteiger partial charge in [-0.3, -0.25) is 4.79 Å². The molecule has 2 atom stereocenters. The van der Waals surface area contributed by atoms with Gasteiger partial charge in [-0.2, -0.15) is 0 Å². The van der Waals surface area contributed by atoms with Crippen LogP contribution in [-0.2, 0) is 4.74 Å². The highest BCUT2D eigenvalue weighted by Gasteiger charge is 2.27. The molecule has 16 heavy (non-hydrogen) atoms. The molecule has 0 radical (unpaired) electrons. The number of rotatable bonds is 3. The third-order valence-electron chi connectivity index (χ3n) is 3.27. The van der Waals surface area contributed by atoms with Crippen LogP contribution in [0.25, 0.3) is 0 Å². The fourth-order valence-electron chi connectivity index (χ4n) is 2.21. The fourth-order valence-corrected chi connectivity index (χ4v) is 2.21. The van der Waals surface area contributed by atoms with Crippen LogP contribution in [0.2, 0.25) is 0 Å². The highest BCUT2D eigenvalue weighted by atomic mass is 16.5. The van der Waals surface area contributed by atoms with Gasteiger partial charge >= 0.3 is 0 Å². The van der Waals surface area contributed by atoms with Gasteiger partial charge in [-0.15, -0.1) is 0 Å². The lowest BCUT2D eigenvalue weighted by Crippen LogP contribution is -2.36. The van der Waals surface area contributed by atoms with Gasteiger partial charge in [-0.1, -0.05) is 0 Å². The summed E-state index contributed by atoms with van der Waals surface area (Å²) in [5.41, 5.74) is 1.85. The summed E-state index contributed by atoms with van der Waals surface area (Å²) >= 11 is 0. The second-order valence-electron chi connectivity index (χ2n) is 4.25. The molecule has 1 saturated heterocycles. The van der Waals surface area contributed by atoms with Gasteiger partial charge in [-0.05, 0) is 37.6 Å². The van der Waals surface area contributed by atoms with Crippen molar-refractivity contribution in [1.82, 2.24) is 0 Å². The molecule has 3 nitrogen and oxygen atoms in total. The molecule has 1 aliphatic heterocycles. The molecule has 0 aliphatic carbocycles. The summed E-state index contributed by atoms with van der Waals surface area (Å²) in [4.78, 5) is 12.8. The average molecular weight is 219 g/mol. The number of hydrogen-bond acceptors (Lipinski definition) is 3. The third-order valence-corrected chi connectivity index (χ3v) is 3.27. The first kappa shape index (κ1) is 11.1. The van der Waals surface area contributed by atoms with Crippen LogP contribution in [0.15, 0.2) is 24.3 Å². The Balaban J connectivity index is 2.13. The lowest BCUT2D eigenvalue weighted by Gasteiger charge is -2.28. The number of nitrogens with zero attached hydrogens (tertiary/aromatic N) is 1. The van der Waals surface area contributed by atoms with Crippen LogP contribution in [0.5, 0.6) is 0 Å². The lowest BCUT2D eigenvalue weighted by molar-refractivity contribution is 0.112. The first-order valence-corrected chi connectivity index (χ1v) is 5.62. The van der Waals surface area contributed by atoms with Gasteiger partial charge in [0, 0.05) is 24.9 Å². The molecule has 1 fully saturated rings. The molecule has 1 aliphatic rings. The average Bonchev–Trinajstić information content (AvgIpc) is 2.75. The van der Waals surface area contributed by atoms with E-state index >= 15 is 0 Å². The largest absolute Gasteiger partial charge is 0.376 e. The van der Waals surface area contributed by atoms with E-state index < -0.39 is 0 Å². The van der Waals surface area contributed by atoms with E-state index in [1.165, 1.54) is 0 Å². The minimum Gasteiger partial charge on any atom is -0.376 e. The maximum Gasteiger partial charge on any atom is 0.150 e. The van der Waals surface area contributed by atoms with Crippen molar-refractivity contribution in [2.45, 2.75) is 25.5 Å². The first-order valence-electron chi connectivity index (χ1n) is 5.62. The number of hydrogen-bond donors (Lipinski definition) is 0. The van der Waals surface area contributed by atoms with Crippen molar-refractivity contribution < 1.29 is 9.53 Å². The smallest absolute Gasteiger partial charge is 0.150 e. The molecule has 2 rings (SSSR count). The summed E-state index contributed by atoms with van der Waals surface area (Å²) in [5.74, 6) is 0. The van der Waals surface area contributed by atoms with Gasteiger partial charge in [0.25, 0.3) is 0 Å². The summed E-state index contributed by atoms with van der Waals surface area (Å²) in [6.45, 7) is 2.94. The van der Waals surface area contributed by atoms with Crippen LogP contribution in [0.3, 0.4) is 0 Å². The summed E-state index contributed by atoms with van der Waals surface area (Å²) in [5, 5.41) is 0. The zero-order chi connectivity index (χ0) is 11.5. The number of anilines is 1. The summed E-state index contributed by atoms with van der Waals surface area (Å²) in [7, 11) is 2.08. The molecule has 1 aromatic carbocycles. The zero-order valence-corrected chi connectivity index (χ0v) is 9.72. The van der Waals surface area contributed by atoms with Crippen LogP contribution in [-0.4, -0.2) is 32.1 Å². The zero-order valence-electron chi connectivity index (χ0n) is 9.72. The number of ether oxygens (including phenoxy) is 1.